The fourth-order valence-corrected chi connectivity index (χ4v) is 2.99. The number of carbonyl (C=O) groups is 1. The smallest absolute Gasteiger partial charge is 0.253 e. The van der Waals surface area contributed by atoms with Crippen molar-refractivity contribution >= 4 is 33.4 Å². The van der Waals surface area contributed by atoms with E-state index in [1.807, 2.05) is 31.2 Å². The Morgan fingerprint density at radius 1 is 1.12 bits per heavy atom. The number of benzene rings is 2. The molecule has 0 heterocycles. The average molecular weight is 427 g/mol. The molecule has 0 spiro atoms. The predicted molar refractivity (Wildman–Crippen MR) is 103 cm³/mol. The Labute approximate surface area is 161 Å². The van der Waals surface area contributed by atoms with Gasteiger partial charge in [0.1, 0.15) is 0 Å². The molecule has 0 saturated heterocycles. The van der Waals surface area contributed by atoms with Gasteiger partial charge in [0.2, 0.25) is 0 Å². The van der Waals surface area contributed by atoms with Gasteiger partial charge in [0, 0.05) is 17.6 Å². The normalized spacial score (nSPS) is 10.7. The van der Waals surface area contributed by atoms with Crippen LogP contribution in [0.5, 0.6) is 0 Å². The van der Waals surface area contributed by atoms with Gasteiger partial charge in [-0.1, -0.05) is 51.8 Å². The van der Waals surface area contributed by atoms with Crippen molar-refractivity contribution in [1.82, 2.24) is 5.32 Å². The minimum absolute atomic E-state index is 0.198. The first-order chi connectivity index (χ1) is 12.1. The van der Waals surface area contributed by atoms with Gasteiger partial charge >= 0.3 is 0 Å². The quantitative estimate of drug-likeness (QED) is 0.597. The van der Waals surface area contributed by atoms with Crippen LogP contribution in [0.1, 0.15) is 28.4 Å². The standard InChI is InChI=1S/C19H21BrClNO3/c1-2-24-8-9-25-13-15-5-3-4-14(10-15)12-22-19(23)17-7-6-16(20)11-18(17)21/h3-7,10-11H,2,8-9,12-13H2,1H3,(H,22,23). The summed E-state index contributed by atoms with van der Waals surface area (Å²) in [5.41, 5.74) is 2.53. The summed E-state index contributed by atoms with van der Waals surface area (Å²) in [5.74, 6) is -0.198. The van der Waals surface area contributed by atoms with Gasteiger partial charge < -0.3 is 14.8 Å². The number of hydrogen-bond donors (Lipinski definition) is 1. The van der Waals surface area contributed by atoms with Gasteiger partial charge in [0.05, 0.1) is 30.4 Å². The average Bonchev–Trinajstić information content (AvgIpc) is 2.60. The summed E-state index contributed by atoms with van der Waals surface area (Å²) in [5, 5.41) is 3.31. The number of rotatable bonds is 9. The number of hydrogen-bond acceptors (Lipinski definition) is 3. The van der Waals surface area contributed by atoms with Crippen LogP contribution in [0.3, 0.4) is 0 Å². The first-order valence-electron chi connectivity index (χ1n) is 8.06. The molecule has 134 valence electrons. The molecule has 25 heavy (non-hydrogen) atoms. The van der Waals surface area contributed by atoms with Gasteiger partial charge in [0.15, 0.2) is 0 Å². The molecule has 2 rings (SSSR count). The fourth-order valence-electron chi connectivity index (χ4n) is 2.23. The molecule has 0 bridgehead atoms. The zero-order valence-electron chi connectivity index (χ0n) is 14.1. The molecule has 2 aromatic carbocycles. The summed E-state index contributed by atoms with van der Waals surface area (Å²) in [4.78, 5) is 12.3. The second-order valence-electron chi connectivity index (χ2n) is 5.38. The summed E-state index contributed by atoms with van der Waals surface area (Å²) >= 11 is 9.43. The molecule has 4 nitrogen and oxygen atoms in total. The minimum atomic E-state index is -0.198. The van der Waals surface area contributed by atoms with Crippen molar-refractivity contribution in [2.24, 2.45) is 0 Å². The molecule has 2 aromatic rings. The highest BCUT2D eigenvalue weighted by Crippen LogP contribution is 2.21. The van der Waals surface area contributed by atoms with Crippen LogP contribution < -0.4 is 5.32 Å². The Balaban J connectivity index is 1.86. The largest absolute Gasteiger partial charge is 0.379 e. The lowest BCUT2D eigenvalue weighted by molar-refractivity contribution is 0.0453. The third-order valence-corrected chi connectivity index (χ3v) is 4.27. The maximum absolute atomic E-state index is 12.3. The molecule has 0 radical (unpaired) electrons. The van der Waals surface area contributed by atoms with Gasteiger partial charge in [0.25, 0.3) is 5.91 Å². The number of amides is 1. The van der Waals surface area contributed by atoms with E-state index in [1.165, 1.54) is 0 Å². The summed E-state index contributed by atoms with van der Waals surface area (Å²) in [6.45, 7) is 4.77. The van der Waals surface area contributed by atoms with Crippen molar-refractivity contribution in [3.05, 3.63) is 68.7 Å². The minimum Gasteiger partial charge on any atom is -0.379 e. The van der Waals surface area contributed by atoms with E-state index in [4.69, 9.17) is 21.1 Å². The molecule has 0 aliphatic rings. The molecule has 0 aliphatic carbocycles. The topological polar surface area (TPSA) is 47.6 Å². The summed E-state index contributed by atoms with van der Waals surface area (Å²) in [6, 6.07) is 13.1. The highest BCUT2D eigenvalue weighted by molar-refractivity contribution is 9.10. The lowest BCUT2D eigenvalue weighted by Gasteiger charge is -2.09. The molecular formula is C19H21BrClNO3. The van der Waals surface area contributed by atoms with Gasteiger partial charge in [-0.2, -0.15) is 0 Å². The maximum atomic E-state index is 12.3. The second kappa shape index (κ2) is 10.6. The van der Waals surface area contributed by atoms with E-state index in [2.05, 4.69) is 21.2 Å². The van der Waals surface area contributed by atoms with Crippen LogP contribution >= 0.6 is 27.5 Å². The Kier molecular flexibility index (Phi) is 8.41. The number of halogens is 2. The Hall–Kier alpha value is -1.40. The van der Waals surface area contributed by atoms with Crippen molar-refractivity contribution in [2.45, 2.75) is 20.1 Å². The van der Waals surface area contributed by atoms with Gasteiger partial charge in [-0.05, 0) is 36.2 Å². The summed E-state index contributed by atoms with van der Waals surface area (Å²) in [7, 11) is 0. The van der Waals surface area contributed by atoms with Crippen LogP contribution in [0.25, 0.3) is 0 Å². The Morgan fingerprint density at radius 3 is 2.64 bits per heavy atom. The summed E-state index contributed by atoms with van der Waals surface area (Å²) < 4.78 is 11.6. The third kappa shape index (κ3) is 6.78. The van der Waals surface area contributed by atoms with Crippen molar-refractivity contribution in [3.8, 4) is 0 Å². The fraction of sp³-hybridized carbons (Fsp3) is 0.316. The van der Waals surface area contributed by atoms with Crippen LogP contribution in [0.2, 0.25) is 5.02 Å². The number of ether oxygens (including phenoxy) is 2. The van der Waals surface area contributed by atoms with Crippen molar-refractivity contribution < 1.29 is 14.3 Å². The van der Waals surface area contributed by atoms with E-state index in [1.54, 1.807) is 18.2 Å². The molecule has 0 aliphatic heterocycles. The van der Waals surface area contributed by atoms with Gasteiger partial charge in [-0.15, -0.1) is 0 Å². The van der Waals surface area contributed by atoms with E-state index in [0.29, 0.717) is 43.6 Å². The molecule has 0 saturated carbocycles. The molecule has 0 unspecified atom stereocenters. The molecule has 0 atom stereocenters. The van der Waals surface area contributed by atoms with Crippen LogP contribution in [0.4, 0.5) is 0 Å². The lowest BCUT2D eigenvalue weighted by atomic mass is 10.1. The third-order valence-electron chi connectivity index (χ3n) is 3.47. The number of nitrogens with one attached hydrogen (secondary N) is 1. The lowest BCUT2D eigenvalue weighted by Crippen LogP contribution is -2.23. The first-order valence-corrected chi connectivity index (χ1v) is 9.23. The van der Waals surface area contributed by atoms with E-state index in [-0.39, 0.29) is 5.91 Å². The van der Waals surface area contributed by atoms with E-state index in [0.717, 1.165) is 15.6 Å². The van der Waals surface area contributed by atoms with Crippen LogP contribution in [0.15, 0.2) is 46.9 Å². The molecule has 1 N–H and O–H groups in total. The zero-order chi connectivity index (χ0) is 18.1. The van der Waals surface area contributed by atoms with E-state index in [9.17, 15) is 4.79 Å². The van der Waals surface area contributed by atoms with Gasteiger partial charge in [-0.3, -0.25) is 4.79 Å². The Morgan fingerprint density at radius 2 is 1.88 bits per heavy atom. The van der Waals surface area contributed by atoms with Crippen molar-refractivity contribution in [1.29, 1.82) is 0 Å². The first kappa shape index (κ1) is 19.9. The van der Waals surface area contributed by atoms with E-state index >= 15 is 0 Å². The van der Waals surface area contributed by atoms with Crippen molar-refractivity contribution in [2.75, 3.05) is 19.8 Å². The second-order valence-corrected chi connectivity index (χ2v) is 6.70. The van der Waals surface area contributed by atoms with Crippen LogP contribution in [-0.4, -0.2) is 25.7 Å². The highest BCUT2D eigenvalue weighted by Gasteiger charge is 2.10. The molecular weight excluding hydrogens is 406 g/mol. The van der Waals surface area contributed by atoms with Crippen molar-refractivity contribution in [3.63, 3.8) is 0 Å². The Bertz CT molecular complexity index is 709. The van der Waals surface area contributed by atoms with Gasteiger partial charge in [-0.25, -0.2) is 0 Å². The predicted octanol–water partition coefficient (Wildman–Crippen LogP) is 4.59. The SMILES string of the molecule is CCOCCOCc1cccc(CNC(=O)c2ccc(Br)cc2Cl)c1. The number of carbonyl (C=O) groups excluding carboxylic acids is 1. The van der Waals surface area contributed by atoms with Crippen LogP contribution in [0, 0.1) is 0 Å². The molecule has 1 amide bonds. The van der Waals surface area contributed by atoms with Crippen LogP contribution in [-0.2, 0) is 22.6 Å². The zero-order valence-corrected chi connectivity index (χ0v) is 16.4. The summed E-state index contributed by atoms with van der Waals surface area (Å²) in [6.07, 6.45) is 0. The molecule has 6 heteroatoms. The maximum Gasteiger partial charge on any atom is 0.253 e. The monoisotopic (exact) mass is 425 g/mol. The highest BCUT2D eigenvalue weighted by atomic mass is 79.9. The molecule has 0 fully saturated rings. The van der Waals surface area contributed by atoms with E-state index < -0.39 is 0 Å². The molecule has 0 aromatic heterocycles.